The number of benzene rings is 2. The van der Waals surface area contributed by atoms with Gasteiger partial charge in [0.1, 0.15) is 6.04 Å². The molecule has 3 rings (SSSR count). The fourth-order valence-electron chi connectivity index (χ4n) is 2.56. The van der Waals surface area contributed by atoms with Crippen molar-refractivity contribution >= 4 is 23.2 Å². The van der Waals surface area contributed by atoms with Gasteiger partial charge >= 0.3 is 5.97 Å². The van der Waals surface area contributed by atoms with Gasteiger partial charge in [0.05, 0.1) is 5.56 Å². The summed E-state index contributed by atoms with van der Waals surface area (Å²) in [6.45, 7) is 1.48. The van der Waals surface area contributed by atoms with Crippen molar-refractivity contribution in [2.24, 2.45) is 0 Å². The zero-order valence-electron chi connectivity index (χ0n) is 11.8. The van der Waals surface area contributed by atoms with Crippen LogP contribution in [0.1, 0.15) is 38.8 Å². The molecule has 5 nitrogen and oxygen atoms in total. The lowest BCUT2D eigenvalue weighted by Gasteiger charge is -2.21. The number of fused-ring (bicyclic) bond motifs is 2. The van der Waals surface area contributed by atoms with Crippen LogP contribution in [0.2, 0.25) is 0 Å². The molecule has 2 aromatic carbocycles. The van der Waals surface area contributed by atoms with E-state index in [9.17, 15) is 14.4 Å². The van der Waals surface area contributed by atoms with Crippen molar-refractivity contribution in [3.63, 3.8) is 0 Å². The zero-order chi connectivity index (χ0) is 15.9. The van der Waals surface area contributed by atoms with Crippen molar-refractivity contribution in [1.29, 1.82) is 0 Å². The molecule has 0 bridgehead atoms. The summed E-state index contributed by atoms with van der Waals surface area (Å²) in [5, 5.41) is 11.8. The number of hydrogen-bond acceptors (Lipinski definition) is 4. The molecule has 22 heavy (non-hydrogen) atoms. The summed E-state index contributed by atoms with van der Waals surface area (Å²) >= 11 is 0. The summed E-state index contributed by atoms with van der Waals surface area (Å²) in [6, 6.07) is 10.6. The first-order chi connectivity index (χ1) is 10.5. The maximum atomic E-state index is 12.7. The molecule has 110 valence electrons. The molecule has 0 aliphatic heterocycles. The molecule has 0 spiro atoms. The van der Waals surface area contributed by atoms with E-state index in [1.54, 1.807) is 42.5 Å². The third kappa shape index (κ3) is 2.07. The number of carbonyl (C=O) groups is 3. The molecular weight excluding hydrogens is 282 g/mol. The standard InChI is InChI=1S/C17H13NO4/c1-9(17(21)22)18-13-8-4-7-12-14(13)16(20)11-6-3-2-5-10(11)15(12)19/h2-9,18H,1H3,(H,21,22)/t9-/m0/s1. The maximum absolute atomic E-state index is 12.7. The molecule has 2 aromatic rings. The van der Waals surface area contributed by atoms with Crippen molar-refractivity contribution in [1.82, 2.24) is 0 Å². The molecule has 0 saturated heterocycles. The van der Waals surface area contributed by atoms with Gasteiger partial charge in [0.25, 0.3) is 0 Å². The van der Waals surface area contributed by atoms with Crippen LogP contribution in [0.15, 0.2) is 42.5 Å². The van der Waals surface area contributed by atoms with Crippen LogP contribution in [0.4, 0.5) is 5.69 Å². The highest BCUT2D eigenvalue weighted by Gasteiger charge is 2.31. The van der Waals surface area contributed by atoms with Gasteiger partial charge in [0.2, 0.25) is 0 Å². The average Bonchev–Trinajstić information content (AvgIpc) is 2.52. The Morgan fingerprint density at radius 1 is 0.955 bits per heavy atom. The first-order valence-electron chi connectivity index (χ1n) is 6.81. The molecule has 0 saturated carbocycles. The first-order valence-corrected chi connectivity index (χ1v) is 6.81. The summed E-state index contributed by atoms with van der Waals surface area (Å²) in [5.74, 6) is -1.53. The summed E-state index contributed by atoms with van der Waals surface area (Å²) in [7, 11) is 0. The van der Waals surface area contributed by atoms with E-state index in [0.29, 0.717) is 22.4 Å². The van der Waals surface area contributed by atoms with Crippen molar-refractivity contribution in [3.05, 3.63) is 64.7 Å². The van der Waals surface area contributed by atoms with Crippen LogP contribution < -0.4 is 5.32 Å². The number of hydrogen-bond donors (Lipinski definition) is 2. The third-order valence-electron chi connectivity index (χ3n) is 3.69. The second kappa shape index (κ2) is 5.11. The van der Waals surface area contributed by atoms with Crippen LogP contribution in [0, 0.1) is 0 Å². The lowest BCUT2D eigenvalue weighted by Crippen LogP contribution is -2.28. The van der Waals surface area contributed by atoms with Gasteiger partial charge in [-0.05, 0) is 13.0 Å². The van der Waals surface area contributed by atoms with Crippen LogP contribution in [-0.2, 0) is 4.79 Å². The second-order valence-corrected chi connectivity index (χ2v) is 5.14. The lowest BCUT2D eigenvalue weighted by molar-refractivity contribution is -0.137. The Morgan fingerprint density at radius 3 is 2.18 bits per heavy atom. The van der Waals surface area contributed by atoms with E-state index in [4.69, 9.17) is 5.11 Å². The van der Waals surface area contributed by atoms with Gasteiger partial charge in [-0.3, -0.25) is 14.4 Å². The molecule has 1 aliphatic rings. The Hall–Kier alpha value is -2.95. The predicted octanol–water partition coefficient (Wildman–Crippen LogP) is 2.35. The van der Waals surface area contributed by atoms with E-state index in [-0.39, 0.29) is 17.1 Å². The van der Waals surface area contributed by atoms with Crippen molar-refractivity contribution in [2.45, 2.75) is 13.0 Å². The van der Waals surface area contributed by atoms with Crippen molar-refractivity contribution in [3.8, 4) is 0 Å². The second-order valence-electron chi connectivity index (χ2n) is 5.14. The fraction of sp³-hybridized carbons (Fsp3) is 0.118. The highest BCUT2D eigenvalue weighted by Crippen LogP contribution is 2.32. The SMILES string of the molecule is C[C@H](Nc1cccc2c1C(=O)c1ccccc1C2=O)C(=O)O. The molecule has 0 unspecified atom stereocenters. The van der Waals surface area contributed by atoms with Gasteiger partial charge in [-0.1, -0.05) is 36.4 Å². The molecule has 1 aliphatic carbocycles. The van der Waals surface area contributed by atoms with Gasteiger partial charge < -0.3 is 10.4 Å². The zero-order valence-corrected chi connectivity index (χ0v) is 11.8. The number of rotatable bonds is 3. The fourth-order valence-corrected chi connectivity index (χ4v) is 2.56. The number of ketones is 2. The molecule has 0 radical (unpaired) electrons. The van der Waals surface area contributed by atoms with Crippen LogP contribution in [0.25, 0.3) is 0 Å². The number of anilines is 1. The van der Waals surface area contributed by atoms with E-state index >= 15 is 0 Å². The molecule has 1 atom stereocenters. The molecule has 0 heterocycles. The predicted molar refractivity (Wildman–Crippen MR) is 80.5 cm³/mol. The minimum Gasteiger partial charge on any atom is -0.480 e. The van der Waals surface area contributed by atoms with Crippen LogP contribution in [0.5, 0.6) is 0 Å². The van der Waals surface area contributed by atoms with E-state index in [1.807, 2.05) is 0 Å². The smallest absolute Gasteiger partial charge is 0.325 e. The highest BCUT2D eigenvalue weighted by atomic mass is 16.4. The summed E-state index contributed by atoms with van der Waals surface area (Å²) in [6.07, 6.45) is 0. The number of aliphatic carboxylic acids is 1. The van der Waals surface area contributed by atoms with E-state index in [1.165, 1.54) is 6.92 Å². The van der Waals surface area contributed by atoms with E-state index < -0.39 is 12.0 Å². The minimum absolute atomic E-state index is 0.225. The Kier molecular flexibility index (Phi) is 3.25. The number of carboxylic acids is 1. The number of carbonyl (C=O) groups excluding carboxylic acids is 2. The molecule has 5 heteroatoms. The average molecular weight is 295 g/mol. The molecule has 2 N–H and O–H groups in total. The van der Waals surface area contributed by atoms with Crippen molar-refractivity contribution < 1.29 is 19.5 Å². The Morgan fingerprint density at radius 2 is 1.55 bits per heavy atom. The van der Waals surface area contributed by atoms with Gasteiger partial charge in [0.15, 0.2) is 11.6 Å². The Labute approximate surface area is 126 Å². The lowest BCUT2D eigenvalue weighted by atomic mass is 9.83. The molecular formula is C17H13NO4. The van der Waals surface area contributed by atoms with Crippen LogP contribution in [-0.4, -0.2) is 28.7 Å². The largest absolute Gasteiger partial charge is 0.480 e. The summed E-state index contributed by atoms with van der Waals surface area (Å²) in [4.78, 5) is 36.2. The number of carboxylic acid groups (broad SMARTS) is 1. The minimum atomic E-state index is -1.03. The topological polar surface area (TPSA) is 83.5 Å². The normalized spacial score (nSPS) is 14.0. The number of nitrogens with one attached hydrogen (secondary N) is 1. The quantitative estimate of drug-likeness (QED) is 0.775. The highest BCUT2D eigenvalue weighted by molar-refractivity contribution is 6.30. The third-order valence-corrected chi connectivity index (χ3v) is 3.69. The van der Waals surface area contributed by atoms with Crippen LogP contribution >= 0.6 is 0 Å². The molecule has 0 fully saturated rings. The van der Waals surface area contributed by atoms with Crippen LogP contribution in [0.3, 0.4) is 0 Å². The Balaban J connectivity index is 2.15. The van der Waals surface area contributed by atoms with E-state index in [0.717, 1.165) is 0 Å². The van der Waals surface area contributed by atoms with Gasteiger partial charge in [-0.25, -0.2) is 0 Å². The van der Waals surface area contributed by atoms with Gasteiger partial charge in [0, 0.05) is 22.4 Å². The van der Waals surface area contributed by atoms with E-state index in [2.05, 4.69) is 5.32 Å². The maximum Gasteiger partial charge on any atom is 0.325 e. The Bertz CT molecular complexity index is 810. The summed E-state index contributed by atoms with van der Waals surface area (Å²) < 4.78 is 0. The molecule has 0 aromatic heterocycles. The first kappa shape index (κ1) is 14.0. The molecule has 0 amide bonds. The van der Waals surface area contributed by atoms with Gasteiger partial charge in [-0.15, -0.1) is 0 Å². The summed E-state index contributed by atoms with van der Waals surface area (Å²) in [5.41, 5.74) is 1.62. The van der Waals surface area contributed by atoms with Crippen molar-refractivity contribution in [2.75, 3.05) is 5.32 Å². The monoisotopic (exact) mass is 295 g/mol. The van der Waals surface area contributed by atoms with Gasteiger partial charge in [-0.2, -0.15) is 0 Å².